The van der Waals surface area contributed by atoms with Crippen LogP contribution < -0.4 is 5.32 Å². The normalized spacial score (nSPS) is 20.8. The van der Waals surface area contributed by atoms with E-state index in [9.17, 15) is 0 Å². The first-order chi connectivity index (χ1) is 9.33. The van der Waals surface area contributed by atoms with Gasteiger partial charge in [0, 0.05) is 25.8 Å². The molecule has 108 valence electrons. The molecule has 1 fully saturated rings. The Hall–Kier alpha value is -0.870. The Kier molecular flexibility index (Phi) is 5.86. The molecule has 0 aromatic carbocycles. The summed E-state index contributed by atoms with van der Waals surface area (Å²) in [5.41, 5.74) is 1.35. The molecule has 0 amide bonds. The number of likely N-dealkylation sites (tertiary alicyclic amines) is 1. The highest BCUT2D eigenvalue weighted by molar-refractivity contribution is 4.98. The maximum atomic E-state index is 4.26. The van der Waals surface area contributed by atoms with Crippen molar-refractivity contribution in [2.75, 3.05) is 26.2 Å². The molecule has 0 bridgehead atoms. The predicted octanol–water partition coefficient (Wildman–Crippen LogP) is 2.11. The molecule has 19 heavy (non-hydrogen) atoms. The van der Waals surface area contributed by atoms with Gasteiger partial charge in [0.15, 0.2) is 0 Å². The van der Waals surface area contributed by atoms with Crippen molar-refractivity contribution >= 4 is 0 Å². The molecular formula is C15H28N4. The van der Waals surface area contributed by atoms with E-state index in [-0.39, 0.29) is 0 Å². The lowest BCUT2D eigenvalue weighted by Crippen LogP contribution is -2.39. The highest BCUT2D eigenvalue weighted by Crippen LogP contribution is 2.18. The summed E-state index contributed by atoms with van der Waals surface area (Å²) < 4.78 is 2.25. The van der Waals surface area contributed by atoms with Gasteiger partial charge in [-0.2, -0.15) is 0 Å². The number of hydrogen-bond acceptors (Lipinski definition) is 3. The fourth-order valence-electron chi connectivity index (χ4n) is 2.94. The molecule has 0 aliphatic carbocycles. The molecule has 1 saturated heterocycles. The fraction of sp³-hybridized carbons (Fsp3) is 0.800. The summed E-state index contributed by atoms with van der Waals surface area (Å²) in [6.45, 7) is 11.3. The molecule has 0 saturated carbocycles. The largest absolute Gasteiger partial charge is 0.334 e. The zero-order valence-electron chi connectivity index (χ0n) is 12.4. The van der Waals surface area contributed by atoms with Gasteiger partial charge in [0.25, 0.3) is 0 Å². The first-order valence-corrected chi connectivity index (χ1v) is 7.75. The SMILES string of the molecule is CCCNCC1CCCN(Cc2cncn2CC)C1. The van der Waals surface area contributed by atoms with Crippen LogP contribution in [0, 0.1) is 5.92 Å². The number of hydrogen-bond donors (Lipinski definition) is 1. The van der Waals surface area contributed by atoms with Crippen molar-refractivity contribution in [3.05, 3.63) is 18.2 Å². The third-order valence-electron chi connectivity index (χ3n) is 3.99. The van der Waals surface area contributed by atoms with Gasteiger partial charge in [-0.25, -0.2) is 4.98 Å². The Labute approximate surface area is 117 Å². The van der Waals surface area contributed by atoms with Gasteiger partial charge >= 0.3 is 0 Å². The van der Waals surface area contributed by atoms with Gasteiger partial charge in [-0.05, 0) is 51.7 Å². The van der Waals surface area contributed by atoms with E-state index in [4.69, 9.17) is 0 Å². The molecule has 2 rings (SSSR count). The lowest BCUT2D eigenvalue weighted by Gasteiger charge is -2.32. The number of piperidine rings is 1. The van der Waals surface area contributed by atoms with Gasteiger partial charge in [-0.3, -0.25) is 4.90 Å². The van der Waals surface area contributed by atoms with E-state index in [2.05, 4.69) is 33.6 Å². The van der Waals surface area contributed by atoms with E-state index < -0.39 is 0 Å². The van der Waals surface area contributed by atoms with Crippen LogP contribution >= 0.6 is 0 Å². The van der Waals surface area contributed by atoms with E-state index in [1.807, 2.05) is 12.5 Å². The summed E-state index contributed by atoms with van der Waals surface area (Å²) >= 11 is 0. The summed E-state index contributed by atoms with van der Waals surface area (Å²) in [4.78, 5) is 6.85. The van der Waals surface area contributed by atoms with Gasteiger partial charge in [-0.15, -0.1) is 0 Å². The topological polar surface area (TPSA) is 33.1 Å². The Balaban J connectivity index is 1.80. The highest BCUT2D eigenvalue weighted by atomic mass is 15.2. The van der Waals surface area contributed by atoms with Crippen LogP contribution in [0.1, 0.15) is 38.8 Å². The summed E-state index contributed by atoms with van der Waals surface area (Å²) in [7, 11) is 0. The van der Waals surface area contributed by atoms with Crippen molar-refractivity contribution in [1.29, 1.82) is 0 Å². The van der Waals surface area contributed by atoms with Gasteiger partial charge in [-0.1, -0.05) is 6.92 Å². The third kappa shape index (κ3) is 4.32. The zero-order valence-corrected chi connectivity index (χ0v) is 12.4. The minimum Gasteiger partial charge on any atom is -0.334 e. The van der Waals surface area contributed by atoms with E-state index in [0.29, 0.717) is 0 Å². The molecule has 4 heteroatoms. The first kappa shape index (κ1) is 14.5. The molecule has 1 aromatic heterocycles. The zero-order chi connectivity index (χ0) is 13.5. The van der Waals surface area contributed by atoms with Gasteiger partial charge in [0.2, 0.25) is 0 Å². The fourth-order valence-corrected chi connectivity index (χ4v) is 2.94. The van der Waals surface area contributed by atoms with Crippen LogP contribution in [0.4, 0.5) is 0 Å². The average Bonchev–Trinajstić information content (AvgIpc) is 2.87. The lowest BCUT2D eigenvalue weighted by atomic mass is 9.98. The molecule has 1 unspecified atom stereocenters. The van der Waals surface area contributed by atoms with E-state index >= 15 is 0 Å². The monoisotopic (exact) mass is 264 g/mol. The highest BCUT2D eigenvalue weighted by Gasteiger charge is 2.20. The van der Waals surface area contributed by atoms with Crippen molar-refractivity contribution in [3.63, 3.8) is 0 Å². The standard InChI is InChI=1S/C15H28N4/c1-3-7-16-9-14-6-5-8-18(11-14)12-15-10-17-13-19(15)4-2/h10,13-14,16H,3-9,11-12H2,1-2H3. The first-order valence-electron chi connectivity index (χ1n) is 7.75. The predicted molar refractivity (Wildman–Crippen MR) is 79.1 cm³/mol. The number of nitrogens with one attached hydrogen (secondary N) is 1. The average molecular weight is 264 g/mol. The van der Waals surface area contributed by atoms with Gasteiger partial charge < -0.3 is 9.88 Å². The Morgan fingerprint density at radius 3 is 3.11 bits per heavy atom. The number of imidazole rings is 1. The molecule has 1 atom stereocenters. The summed E-state index contributed by atoms with van der Waals surface area (Å²) in [6.07, 6.45) is 7.90. The van der Waals surface area contributed by atoms with Crippen LogP contribution in [0.25, 0.3) is 0 Å². The van der Waals surface area contributed by atoms with Crippen LogP contribution in [-0.4, -0.2) is 40.6 Å². The van der Waals surface area contributed by atoms with E-state index in [0.717, 1.165) is 25.6 Å². The second-order valence-electron chi connectivity index (χ2n) is 5.62. The summed E-state index contributed by atoms with van der Waals surface area (Å²) in [5, 5.41) is 3.56. The Bertz CT molecular complexity index is 361. The molecule has 2 heterocycles. The molecule has 1 aliphatic rings. The minimum atomic E-state index is 0.818. The number of rotatable bonds is 7. The number of nitrogens with zero attached hydrogens (tertiary/aromatic N) is 3. The molecule has 1 aliphatic heterocycles. The van der Waals surface area contributed by atoms with Crippen LogP contribution in [-0.2, 0) is 13.1 Å². The Morgan fingerprint density at radius 2 is 2.32 bits per heavy atom. The smallest absolute Gasteiger partial charge is 0.0948 e. The number of aromatic nitrogens is 2. The van der Waals surface area contributed by atoms with Crippen LogP contribution in [0.2, 0.25) is 0 Å². The minimum absolute atomic E-state index is 0.818. The molecule has 4 nitrogen and oxygen atoms in total. The van der Waals surface area contributed by atoms with Crippen molar-refractivity contribution in [2.45, 2.75) is 46.2 Å². The van der Waals surface area contributed by atoms with Crippen LogP contribution in [0.15, 0.2) is 12.5 Å². The third-order valence-corrected chi connectivity index (χ3v) is 3.99. The quantitative estimate of drug-likeness (QED) is 0.766. The van der Waals surface area contributed by atoms with Gasteiger partial charge in [0.1, 0.15) is 0 Å². The summed E-state index contributed by atoms with van der Waals surface area (Å²) in [6, 6.07) is 0. The molecule has 1 N–H and O–H groups in total. The van der Waals surface area contributed by atoms with Gasteiger partial charge in [0.05, 0.1) is 12.0 Å². The second kappa shape index (κ2) is 7.65. The maximum absolute atomic E-state index is 4.26. The molecule has 0 radical (unpaired) electrons. The van der Waals surface area contributed by atoms with Crippen molar-refractivity contribution in [2.24, 2.45) is 5.92 Å². The van der Waals surface area contributed by atoms with Crippen molar-refractivity contribution < 1.29 is 0 Å². The van der Waals surface area contributed by atoms with Crippen LogP contribution in [0.3, 0.4) is 0 Å². The number of aryl methyl sites for hydroxylation is 1. The van der Waals surface area contributed by atoms with Crippen molar-refractivity contribution in [1.82, 2.24) is 19.8 Å². The van der Waals surface area contributed by atoms with E-state index in [1.165, 1.54) is 44.6 Å². The van der Waals surface area contributed by atoms with Crippen LogP contribution in [0.5, 0.6) is 0 Å². The maximum Gasteiger partial charge on any atom is 0.0948 e. The van der Waals surface area contributed by atoms with Crippen molar-refractivity contribution in [3.8, 4) is 0 Å². The lowest BCUT2D eigenvalue weighted by molar-refractivity contribution is 0.162. The molecular weight excluding hydrogens is 236 g/mol. The Morgan fingerprint density at radius 1 is 1.42 bits per heavy atom. The second-order valence-corrected chi connectivity index (χ2v) is 5.62. The summed E-state index contributed by atoms with van der Waals surface area (Å²) in [5.74, 6) is 0.818. The molecule has 1 aromatic rings. The van der Waals surface area contributed by atoms with E-state index in [1.54, 1.807) is 0 Å². The molecule has 0 spiro atoms.